The normalized spacial score (nSPS) is 15.3. The van der Waals surface area contributed by atoms with Crippen LogP contribution in [0.1, 0.15) is 18.4 Å². The number of carbonyl (C=O) groups is 1. The van der Waals surface area contributed by atoms with Gasteiger partial charge in [-0.2, -0.15) is 0 Å². The van der Waals surface area contributed by atoms with Crippen LogP contribution in [0.3, 0.4) is 0 Å². The minimum atomic E-state index is -0.386. The molecule has 0 heterocycles. The first kappa shape index (κ1) is 13.7. The molecule has 3 nitrogen and oxygen atoms in total. The largest absolute Gasteiger partial charge is 0.468 e. The second-order valence-electron chi connectivity index (χ2n) is 5.48. The number of methoxy groups -OCH3 is 1. The highest BCUT2D eigenvalue weighted by Gasteiger charge is 2.52. The predicted octanol–water partition coefficient (Wildman–Crippen LogP) is 3.60. The third kappa shape index (κ3) is 2.40. The van der Waals surface area contributed by atoms with E-state index in [1.807, 2.05) is 19.2 Å². The lowest BCUT2D eigenvalue weighted by Gasteiger charge is -2.13. The van der Waals surface area contributed by atoms with Crippen LogP contribution in [0.4, 0.5) is 5.69 Å². The quantitative estimate of drug-likeness (QED) is 0.870. The van der Waals surface area contributed by atoms with Crippen molar-refractivity contribution >= 4 is 11.7 Å². The van der Waals surface area contributed by atoms with Gasteiger partial charge < -0.3 is 10.1 Å². The Morgan fingerprint density at radius 1 is 1.00 bits per heavy atom. The fraction of sp³-hybridized carbons (Fsp3) is 0.278. The highest BCUT2D eigenvalue weighted by molar-refractivity contribution is 5.86. The van der Waals surface area contributed by atoms with E-state index in [9.17, 15) is 4.79 Å². The molecular formula is C18H19NO2. The third-order valence-electron chi connectivity index (χ3n) is 4.27. The zero-order valence-electron chi connectivity index (χ0n) is 12.3. The lowest BCUT2D eigenvalue weighted by molar-refractivity contribution is -0.143. The number of benzene rings is 2. The van der Waals surface area contributed by atoms with Gasteiger partial charge in [-0.1, -0.05) is 36.4 Å². The molecule has 0 saturated heterocycles. The molecule has 0 aromatic heterocycles. The number of rotatable bonds is 4. The maximum atomic E-state index is 11.9. The fourth-order valence-corrected chi connectivity index (χ4v) is 2.74. The summed E-state index contributed by atoms with van der Waals surface area (Å²) >= 11 is 0. The van der Waals surface area contributed by atoms with Gasteiger partial charge in [0, 0.05) is 12.7 Å². The second kappa shape index (κ2) is 5.24. The fourth-order valence-electron chi connectivity index (χ4n) is 2.74. The van der Waals surface area contributed by atoms with Crippen LogP contribution in [0.25, 0.3) is 11.1 Å². The number of hydrogen-bond donors (Lipinski definition) is 1. The number of esters is 1. The summed E-state index contributed by atoms with van der Waals surface area (Å²) in [5.74, 6) is -0.117. The topological polar surface area (TPSA) is 38.3 Å². The molecule has 21 heavy (non-hydrogen) atoms. The van der Waals surface area contributed by atoms with Crippen LogP contribution in [0.15, 0.2) is 48.5 Å². The van der Waals surface area contributed by atoms with E-state index in [0.717, 1.165) is 29.7 Å². The molecule has 2 aromatic carbocycles. The molecule has 2 aromatic rings. The molecule has 0 spiro atoms. The van der Waals surface area contributed by atoms with Crippen molar-refractivity contribution in [2.24, 2.45) is 0 Å². The van der Waals surface area contributed by atoms with Crippen LogP contribution in [0, 0.1) is 0 Å². The molecule has 0 radical (unpaired) electrons. The molecule has 1 saturated carbocycles. The molecule has 1 N–H and O–H groups in total. The van der Waals surface area contributed by atoms with Crippen molar-refractivity contribution in [3.8, 4) is 11.1 Å². The molecule has 0 atom stereocenters. The smallest absolute Gasteiger partial charge is 0.316 e. The van der Waals surface area contributed by atoms with Crippen molar-refractivity contribution in [1.82, 2.24) is 0 Å². The zero-order chi connectivity index (χ0) is 14.9. The average Bonchev–Trinajstić information content (AvgIpc) is 3.36. The average molecular weight is 281 g/mol. The Bertz CT molecular complexity index is 640. The summed E-state index contributed by atoms with van der Waals surface area (Å²) in [7, 11) is 3.37. The maximum Gasteiger partial charge on any atom is 0.316 e. The number of ether oxygens (including phenoxy) is 1. The number of nitrogens with one attached hydrogen (secondary N) is 1. The second-order valence-corrected chi connectivity index (χ2v) is 5.48. The van der Waals surface area contributed by atoms with Gasteiger partial charge in [-0.25, -0.2) is 0 Å². The Kier molecular flexibility index (Phi) is 3.42. The van der Waals surface area contributed by atoms with Crippen molar-refractivity contribution in [2.75, 3.05) is 19.5 Å². The minimum Gasteiger partial charge on any atom is -0.468 e. The van der Waals surface area contributed by atoms with Crippen LogP contribution in [-0.4, -0.2) is 20.1 Å². The van der Waals surface area contributed by atoms with E-state index in [1.54, 1.807) is 0 Å². The maximum absolute atomic E-state index is 11.9. The van der Waals surface area contributed by atoms with E-state index in [-0.39, 0.29) is 11.4 Å². The van der Waals surface area contributed by atoms with E-state index in [0.29, 0.717) is 0 Å². The molecule has 0 bridgehead atoms. The highest BCUT2D eigenvalue weighted by atomic mass is 16.5. The van der Waals surface area contributed by atoms with Gasteiger partial charge >= 0.3 is 5.97 Å². The van der Waals surface area contributed by atoms with E-state index in [2.05, 4.69) is 41.7 Å². The Balaban J connectivity index is 1.85. The van der Waals surface area contributed by atoms with Crippen LogP contribution in [0.2, 0.25) is 0 Å². The van der Waals surface area contributed by atoms with Crippen molar-refractivity contribution in [1.29, 1.82) is 0 Å². The monoisotopic (exact) mass is 281 g/mol. The van der Waals surface area contributed by atoms with Gasteiger partial charge in [0.15, 0.2) is 0 Å². The van der Waals surface area contributed by atoms with Gasteiger partial charge in [-0.05, 0) is 41.7 Å². The summed E-state index contributed by atoms with van der Waals surface area (Å²) in [6.07, 6.45) is 1.77. The lowest BCUT2D eigenvalue weighted by Crippen LogP contribution is -2.21. The first-order chi connectivity index (χ1) is 10.2. The number of hydrogen-bond acceptors (Lipinski definition) is 3. The summed E-state index contributed by atoms with van der Waals surface area (Å²) in [6, 6.07) is 16.5. The first-order valence-corrected chi connectivity index (χ1v) is 7.17. The summed E-state index contributed by atoms with van der Waals surface area (Å²) in [5.41, 5.74) is 4.09. The third-order valence-corrected chi connectivity index (χ3v) is 4.27. The molecule has 0 amide bonds. The highest BCUT2D eigenvalue weighted by Crippen LogP contribution is 2.49. The molecule has 1 aliphatic rings. The lowest BCUT2D eigenvalue weighted by atomic mass is 9.94. The Morgan fingerprint density at radius 2 is 1.52 bits per heavy atom. The SMILES string of the molecule is CNc1ccc(-c2ccc(C3(C(=O)OC)CC3)cc2)cc1. The van der Waals surface area contributed by atoms with E-state index >= 15 is 0 Å². The zero-order valence-corrected chi connectivity index (χ0v) is 12.3. The summed E-state index contributed by atoms with van der Waals surface area (Å²) < 4.78 is 4.93. The van der Waals surface area contributed by atoms with E-state index in [1.165, 1.54) is 12.7 Å². The van der Waals surface area contributed by atoms with Crippen molar-refractivity contribution < 1.29 is 9.53 Å². The molecule has 3 rings (SSSR count). The molecule has 1 fully saturated rings. The van der Waals surface area contributed by atoms with Crippen LogP contribution in [-0.2, 0) is 14.9 Å². The van der Waals surface area contributed by atoms with Gasteiger partial charge in [-0.15, -0.1) is 0 Å². The molecule has 0 aliphatic heterocycles. The van der Waals surface area contributed by atoms with Gasteiger partial charge in [0.1, 0.15) is 0 Å². The van der Waals surface area contributed by atoms with Gasteiger partial charge in [-0.3, -0.25) is 4.79 Å². The van der Waals surface area contributed by atoms with Crippen molar-refractivity contribution in [2.45, 2.75) is 18.3 Å². The number of carbonyl (C=O) groups excluding carboxylic acids is 1. The molecule has 108 valence electrons. The minimum absolute atomic E-state index is 0.117. The van der Waals surface area contributed by atoms with Gasteiger partial charge in [0.2, 0.25) is 0 Å². The van der Waals surface area contributed by atoms with E-state index < -0.39 is 0 Å². The van der Waals surface area contributed by atoms with E-state index in [4.69, 9.17) is 4.74 Å². The predicted molar refractivity (Wildman–Crippen MR) is 84.4 cm³/mol. The molecule has 1 aliphatic carbocycles. The van der Waals surface area contributed by atoms with Crippen LogP contribution >= 0.6 is 0 Å². The van der Waals surface area contributed by atoms with Crippen LogP contribution < -0.4 is 5.32 Å². The summed E-state index contributed by atoms with van der Waals surface area (Å²) in [5, 5.41) is 3.11. The van der Waals surface area contributed by atoms with Gasteiger partial charge in [0.05, 0.1) is 12.5 Å². The Morgan fingerprint density at radius 3 is 1.95 bits per heavy atom. The molecular weight excluding hydrogens is 262 g/mol. The van der Waals surface area contributed by atoms with Crippen molar-refractivity contribution in [3.63, 3.8) is 0 Å². The first-order valence-electron chi connectivity index (χ1n) is 7.17. The summed E-state index contributed by atoms with van der Waals surface area (Å²) in [4.78, 5) is 11.9. The Labute approximate surface area is 124 Å². The van der Waals surface area contributed by atoms with Crippen molar-refractivity contribution in [3.05, 3.63) is 54.1 Å². The Hall–Kier alpha value is -2.29. The standard InChI is InChI=1S/C18H19NO2/c1-19-16-9-5-14(6-10-16)13-3-7-15(8-4-13)18(11-12-18)17(20)21-2/h3-10,19H,11-12H2,1-2H3. The van der Waals surface area contributed by atoms with Crippen LogP contribution in [0.5, 0.6) is 0 Å². The molecule has 0 unspecified atom stereocenters. The summed E-state index contributed by atoms with van der Waals surface area (Å²) in [6.45, 7) is 0. The van der Waals surface area contributed by atoms with Gasteiger partial charge in [0.25, 0.3) is 0 Å². The molecule has 3 heteroatoms. The number of anilines is 1.